The molecular weight excluding hydrogens is 404 g/mol. The fourth-order valence-corrected chi connectivity index (χ4v) is 6.80. The molecule has 2 unspecified atom stereocenters. The van der Waals surface area contributed by atoms with E-state index in [2.05, 4.69) is 29.3 Å². The zero-order valence-corrected chi connectivity index (χ0v) is 19.4. The lowest BCUT2D eigenvalue weighted by Crippen LogP contribution is -2.48. The van der Waals surface area contributed by atoms with Crippen LogP contribution in [0.15, 0.2) is 35.1 Å². The molecule has 0 bridgehead atoms. The van der Waals surface area contributed by atoms with Gasteiger partial charge in [0.2, 0.25) is 0 Å². The number of anilines is 1. The van der Waals surface area contributed by atoms with Crippen LogP contribution in [0.25, 0.3) is 20.2 Å². The van der Waals surface area contributed by atoms with Crippen LogP contribution < -0.4 is 15.5 Å². The summed E-state index contributed by atoms with van der Waals surface area (Å²) in [6, 6.07) is 10.8. The maximum Gasteiger partial charge on any atom is 0.198 e. The van der Waals surface area contributed by atoms with E-state index >= 15 is 0 Å². The average Bonchev–Trinajstić information content (AvgIpc) is 2.81. The van der Waals surface area contributed by atoms with Gasteiger partial charge in [0.15, 0.2) is 5.43 Å². The smallest absolute Gasteiger partial charge is 0.198 e. The van der Waals surface area contributed by atoms with Crippen LogP contribution in [0.5, 0.6) is 5.75 Å². The van der Waals surface area contributed by atoms with Crippen molar-refractivity contribution in [1.29, 1.82) is 0 Å². The quantitative estimate of drug-likeness (QED) is 0.513. The summed E-state index contributed by atoms with van der Waals surface area (Å²) in [5, 5.41) is 5.22. The number of aryl methyl sites for hydroxylation is 1. The summed E-state index contributed by atoms with van der Waals surface area (Å²) >= 11 is 1.70. The Morgan fingerprint density at radius 1 is 1.13 bits per heavy atom. The van der Waals surface area contributed by atoms with Crippen LogP contribution in [0.2, 0.25) is 0 Å². The fourth-order valence-electron chi connectivity index (χ4n) is 5.64. The average molecular weight is 437 g/mol. The number of hydrogen-bond acceptors (Lipinski definition) is 5. The summed E-state index contributed by atoms with van der Waals surface area (Å²) in [4.78, 5) is 16.2. The van der Waals surface area contributed by atoms with Crippen LogP contribution in [0.4, 0.5) is 5.69 Å². The molecule has 1 N–H and O–H groups in total. The van der Waals surface area contributed by atoms with Gasteiger partial charge < -0.3 is 15.0 Å². The normalized spacial score (nSPS) is 21.9. The molecule has 5 heteroatoms. The standard InChI is InChI=1S/C26H32N2O2S/c1-17-8-10-21(27-13-12-18-6-5-15-28-14-4-3-7-22(18)28)24-25(29)20-16-19(30-2)9-11-23(20)31-26(17)24/h8-11,16,18,22,27H,3-7,12-15H2,1-2H3. The highest BCUT2D eigenvalue weighted by atomic mass is 32.1. The fraction of sp³-hybridized carbons (Fsp3) is 0.500. The number of fused-ring (bicyclic) bond motifs is 3. The zero-order chi connectivity index (χ0) is 21.4. The molecule has 4 nitrogen and oxygen atoms in total. The Hall–Kier alpha value is -2.11. The highest BCUT2D eigenvalue weighted by molar-refractivity contribution is 7.24. The van der Waals surface area contributed by atoms with Crippen LogP contribution in [-0.4, -0.2) is 37.7 Å². The van der Waals surface area contributed by atoms with E-state index in [4.69, 9.17) is 4.74 Å². The van der Waals surface area contributed by atoms with Crippen molar-refractivity contribution in [3.63, 3.8) is 0 Å². The van der Waals surface area contributed by atoms with Crippen molar-refractivity contribution in [3.05, 3.63) is 46.1 Å². The summed E-state index contributed by atoms with van der Waals surface area (Å²) in [7, 11) is 1.64. The lowest BCUT2D eigenvalue weighted by molar-refractivity contribution is 0.0573. The Bertz CT molecular complexity index is 1150. The number of nitrogens with zero attached hydrogens (tertiary/aromatic N) is 1. The first kappa shape index (κ1) is 20.8. The molecule has 164 valence electrons. The van der Waals surface area contributed by atoms with Crippen LogP contribution in [0, 0.1) is 12.8 Å². The lowest BCUT2D eigenvalue weighted by Gasteiger charge is -2.44. The van der Waals surface area contributed by atoms with Crippen molar-refractivity contribution in [3.8, 4) is 5.75 Å². The Labute approximate surface area is 188 Å². The van der Waals surface area contributed by atoms with Gasteiger partial charge in [0, 0.05) is 33.1 Å². The van der Waals surface area contributed by atoms with Crippen LogP contribution in [0.1, 0.15) is 44.1 Å². The van der Waals surface area contributed by atoms with E-state index in [1.807, 2.05) is 18.2 Å². The Balaban J connectivity index is 1.42. The van der Waals surface area contributed by atoms with E-state index < -0.39 is 0 Å². The first-order valence-corrected chi connectivity index (χ1v) is 12.5. The monoisotopic (exact) mass is 436 g/mol. The molecular formula is C26H32N2O2S. The Kier molecular flexibility index (Phi) is 5.89. The summed E-state index contributed by atoms with van der Waals surface area (Å²) in [6.07, 6.45) is 7.95. The highest BCUT2D eigenvalue weighted by Crippen LogP contribution is 2.35. The molecule has 31 heavy (non-hydrogen) atoms. The van der Waals surface area contributed by atoms with E-state index in [0.29, 0.717) is 0 Å². The minimum absolute atomic E-state index is 0.102. The predicted molar refractivity (Wildman–Crippen MR) is 132 cm³/mol. The van der Waals surface area contributed by atoms with Crippen molar-refractivity contribution in [1.82, 2.24) is 4.90 Å². The molecule has 2 atom stereocenters. The van der Waals surface area contributed by atoms with E-state index in [1.54, 1.807) is 18.4 Å². The number of benzene rings is 2. The largest absolute Gasteiger partial charge is 0.497 e. The van der Waals surface area contributed by atoms with Gasteiger partial charge in [-0.2, -0.15) is 0 Å². The molecule has 0 radical (unpaired) electrons. The van der Waals surface area contributed by atoms with E-state index in [9.17, 15) is 4.79 Å². The van der Waals surface area contributed by atoms with Gasteiger partial charge in [-0.3, -0.25) is 4.79 Å². The predicted octanol–water partition coefficient (Wildman–Crippen LogP) is 5.80. The molecule has 2 aromatic carbocycles. The molecule has 3 heterocycles. The van der Waals surface area contributed by atoms with Gasteiger partial charge in [0.1, 0.15) is 5.75 Å². The number of hydrogen-bond donors (Lipinski definition) is 1. The van der Waals surface area contributed by atoms with Crippen molar-refractivity contribution in [2.24, 2.45) is 5.92 Å². The van der Waals surface area contributed by atoms with E-state index in [-0.39, 0.29) is 5.43 Å². The summed E-state index contributed by atoms with van der Waals surface area (Å²) in [6.45, 7) is 5.59. The summed E-state index contributed by atoms with van der Waals surface area (Å²) in [5.41, 5.74) is 2.23. The molecule has 2 fully saturated rings. The molecule has 0 saturated carbocycles. The third-order valence-electron chi connectivity index (χ3n) is 7.28. The molecule has 1 aromatic heterocycles. The molecule has 0 aliphatic carbocycles. The van der Waals surface area contributed by atoms with Crippen LogP contribution in [-0.2, 0) is 0 Å². The first-order chi connectivity index (χ1) is 15.2. The van der Waals surface area contributed by atoms with Gasteiger partial charge in [-0.1, -0.05) is 12.5 Å². The maximum absolute atomic E-state index is 13.5. The molecule has 5 rings (SSSR count). The number of rotatable bonds is 5. The van der Waals surface area contributed by atoms with Gasteiger partial charge in [0.25, 0.3) is 0 Å². The van der Waals surface area contributed by atoms with Gasteiger partial charge in [0.05, 0.1) is 12.5 Å². The van der Waals surface area contributed by atoms with Crippen molar-refractivity contribution in [2.45, 2.75) is 51.5 Å². The van der Waals surface area contributed by atoms with Gasteiger partial charge >= 0.3 is 0 Å². The highest BCUT2D eigenvalue weighted by Gasteiger charge is 2.32. The van der Waals surface area contributed by atoms with Crippen LogP contribution in [0.3, 0.4) is 0 Å². The summed E-state index contributed by atoms with van der Waals surface area (Å²) in [5.74, 6) is 1.51. The Morgan fingerprint density at radius 3 is 2.87 bits per heavy atom. The SMILES string of the molecule is COc1ccc2sc3c(C)ccc(NCCC4CCCN5CCCCC45)c3c(=O)c2c1. The maximum atomic E-state index is 13.5. The molecule has 0 spiro atoms. The second-order valence-corrected chi connectivity index (χ2v) is 10.2. The topological polar surface area (TPSA) is 41.6 Å². The number of piperidine rings is 2. The van der Waals surface area contributed by atoms with Gasteiger partial charge in [-0.25, -0.2) is 0 Å². The van der Waals surface area contributed by atoms with Crippen LogP contribution >= 0.6 is 11.3 Å². The van der Waals surface area contributed by atoms with E-state index in [0.717, 1.165) is 55.7 Å². The van der Waals surface area contributed by atoms with Crippen molar-refractivity contribution >= 4 is 37.2 Å². The van der Waals surface area contributed by atoms with E-state index in [1.165, 1.54) is 51.6 Å². The molecule has 0 amide bonds. The second kappa shape index (κ2) is 8.79. The minimum atomic E-state index is 0.102. The number of ether oxygens (including phenoxy) is 1. The first-order valence-electron chi connectivity index (χ1n) is 11.7. The third kappa shape index (κ3) is 3.94. The molecule has 3 aromatic rings. The lowest BCUT2D eigenvalue weighted by atomic mass is 9.81. The minimum Gasteiger partial charge on any atom is -0.497 e. The zero-order valence-electron chi connectivity index (χ0n) is 18.6. The van der Waals surface area contributed by atoms with Crippen molar-refractivity contribution in [2.75, 3.05) is 32.1 Å². The number of methoxy groups -OCH3 is 1. The molecule has 2 saturated heterocycles. The Morgan fingerprint density at radius 2 is 2.00 bits per heavy atom. The number of nitrogens with one attached hydrogen (secondary N) is 1. The van der Waals surface area contributed by atoms with Gasteiger partial charge in [-0.05, 0) is 87.9 Å². The molecule has 2 aliphatic rings. The summed E-state index contributed by atoms with van der Waals surface area (Å²) < 4.78 is 7.46. The van der Waals surface area contributed by atoms with Crippen molar-refractivity contribution < 1.29 is 4.74 Å². The van der Waals surface area contributed by atoms with Gasteiger partial charge in [-0.15, -0.1) is 11.3 Å². The molecule has 2 aliphatic heterocycles. The third-order valence-corrected chi connectivity index (χ3v) is 8.59. The second-order valence-electron chi connectivity index (χ2n) is 9.14.